The molecule has 1 aliphatic heterocycles. The van der Waals surface area contributed by atoms with Crippen molar-refractivity contribution in [2.75, 3.05) is 17.2 Å². The normalized spacial score (nSPS) is 16.4. The van der Waals surface area contributed by atoms with Gasteiger partial charge >= 0.3 is 0 Å². The van der Waals surface area contributed by atoms with E-state index in [0.717, 1.165) is 16.8 Å². The summed E-state index contributed by atoms with van der Waals surface area (Å²) in [5.41, 5.74) is 3.54. The fourth-order valence-electron chi connectivity index (χ4n) is 2.83. The first-order valence-electron chi connectivity index (χ1n) is 7.92. The van der Waals surface area contributed by atoms with Crippen molar-refractivity contribution in [2.45, 2.75) is 20.3 Å². The Bertz CT molecular complexity index is 766. The molecular weight excluding hydrogens is 304 g/mol. The van der Waals surface area contributed by atoms with Gasteiger partial charge in [-0.05, 0) is 49.2 Å². The highest BCUT2D eigenvalue weighted by Crippen LogP contribution is 2.28. The van der Waals surface area contributed by atoms with Gasteiger partial charge in [0, 0.05) is 12.1 Å². The molecule has 0 fully saturated rings. The molecule has 0 spiro atoms. The number of rotatable bonds is 3. The Labute approximate surface area is 141 Å². The molecule has 1 atom stereocenters. The maximum atomic E-state index is 12.3. The van der Waals surface area contributed by atoms with Crippen molar-refractivity contribution in [2.24, 2.45) is 5.92 Å². The van der Waals surface area contributed by atoms with Gasteiger partial charge in [-0.15, -0.1) is 0 Å². The summed E-state index contributed by atoms with van der Waals surface area (Å²) in [5, 5.41) is 5.67. The zero-order valence-electron chi connectivity index (χ0n) is 13.8. The maximum absolute atomic E-state index is 12.3. The van der Waals surface area contributed by atoms with Gasteiger partial charge in [-0.25, -0.2) is 0 Å². The first-order chi connectivity index (χ1) is 11.5. The van der Waals surface area contributed by atoms with E-state index in [0.29, 0.717) is 11.4 Å². The second-order valence-corrected chi connectivity index (χ2v) is 6.12. The van der Waals surface area contributed by atoms with Crippen LogP contribution in [0.5, 0.6) is 5.75 Å². The molecule has 3 rings (SSSR count). The number of aryl methyl sites for hydroxylation is 2. The number of benzene rings is 2. The largest absolute Gasteiger partial charge is 0.491 e. The topological polar surface area (TPSA) is 67.4 Å². The Hall–Kier alpha value is -2.82. The number of amides is 2. The standard InChI is InChI=1S/C19H20N2O3/c1-12-7-13(2)9-15(8-12)20-18(22)10-14-11-24-17-6-4-3-5-16(17)21-19(14)23/h3-9,14H,10-11H2,1-2H3,(H,20,22)(H,21,23)/t14-/m0/s1. The average molecular weight is 324 g/mol. The van der Waals surface area contributed by atoms with Gasteiger partial charge in [0.05, 0.1) is 11.6 Å². The third-order valence-corrected chi connectivity index (χ3v) is 3.89. The van der Waals surface area contributed by atoms with Crippen LogP contribution in [0.25, 0.3) is 0 Å². The van der Waals surface area contributed by atoms with E-state index in [-0.39, 0.29) is 24.8 Å². The van der Waals surface area contributed by atoms with E-state index in [1.807, 2.05) is 44.2 Å². The number of carbonyl (C=O) groups excluding carboxylic acids is 2. The predicted octanol–water partition coefficient (Wildman–Crippen LogP) is 3.28. The van der Waals surface area contributed by atoms with Crippen LogP contribution in [-0.2, 0) is 9.59 Å². The Morgan fingerprint density at radius 2 is 1.92 bits per heavy atom. The highest BCUT2D eigenvalue weighted by Gasteiger charge is 2.26. The fourth-order valence-corrected chi connectivity index (χ4v) is 2.83. The van der Waals surface area contributed by atoms with E-state index in [1.165, 1.54) is 0 Å². The van der Waals surface area contributed by atoms with Gasteiger partial charge < -0.3 is 15.4 Å². The molecule has 0 unspecified atom stereocenters. The average Bonchev–Trinajstić information content (AvgIpc) is 2.66. The lowest BCUT2D eigenvalue weighted by Crippen LogP contribution is -2.29. The van der Waals surface area contributed by atoms with Gasteiger partial charge in [-0.1, -0.05) is 18.2 Å². The van der Waals surface area contributed by atoms with Crippen LogP contribution in [-0.4, -0.2) is 18.4 Å². The summed E-state index contributed by atoms with van der Waals surface area (Å²) < 4.78 is 5.66. The molecule has 0 saturated heterocycles. The summed E-state index contributed by atoms with van der Waals surface area (Å²) in [4.78, 5) is 24.6. The van der Waals surface area contributed by atoms with Crippen LogP contribution in [0.1, 0.15) is 17.5 Å². The lowest BCUT2D eigenvalue weighted by Gasteiger charge is -2.13. The Morgan fingerprint density at radius 1 is 1.21 bits per heavy atom. The number of hydrogen-bond donors (Lipinski definition) is 2. The minimum absolute atomic E-state index is 0.0762. The number of fused-ring (bicyclic) bond motifs is 1. The van der Waals surface area contributed by atoms with Crippen LogP contribution < -0.4 is 15.4 Å². The zero-order valence-corrected chi connectivity index (χ0v) is 13.8. The minimum atomic E-state index is -0.525. The second-order valence-electron chi connectivity index (χ2n) is 6.12. The van der Waals surface area contributed by atoms with Crippen LogP contribution in [0.15, 0.2) is 42.5 Å². The number of para-hydroxylation sites is 2. The maximum Gasteiger partial charge on any atom is 0.231 e. The summed E-state index contributed by atoms with van der Waals surface area (Å²) in [6.45, 7) is 4.14. The first kappa shape index (κ1) is 16.1. The van der Waals surface area contributed by atoms with Gasteiger partial charge in [0.2, 0.25) is 11.8 Å². The van der Waals surface area contributed by atoms with Crippen LogP contribution in [0.2, 0.25) is 0 Å². The molecule has 124 valence electrons. The Balaban J connectivity index is 1.65. The molecular formula is C19H20N2O3. The number of ether oxygens (including phenoxy) is 1. The smallest absolute Gasteiger partial charge is 0.231 e. The number of hydrogen-bond acceptors (Lipinski definition) is 3. The number of nitrogens with one attached hydrogen (secondary N) is 2. The van der Waals surface area contributed by atoms with Crippen molar-refractivity contribution in [3.8, 4) is 5.75 Å². The molecule has 1 heterocycles. The first-order valence-corrected chi connectivity index (χ1v) is 7.92. The zero-order chi connectivity index (χ0) is 17.1. The molecule has 0 bridgehead atoms. The quantitative estimate of drug-likeness (QED) is 0.910. The van der Waals surface area contributed by atoms with E-state index in [1.54, 1.807) is 12.1 Å². The van der Waals surface area contributed by atoms with Crippen LogP contribution in [0, 0.1) is 19.8 Å². The molecule has 2 aromatic rings. The molecule has 2 N–H and O–H groups in total. The fraction of sp³-hybridized carbons (Fsp3) is 0.263. The summed E-state index contributed by atoms with van der Waals surface area (Å²) in [6, 6.07) is 13.1. The highest BCUT2D eigenvalue weighted by molar-refractivity contribution is 5.99. The van der Waals surface area contributed by atoms with Crippen molar-refractivity contribution in [3.63, 3.8) is 0 Å². The molecule has 1 aliphatic rings. The molecule has 5 nitrogen and oxygen atoms in total. The van der Waals surface area contributed by atoms with E-state index in [9.17, 15) is 9.59 Å². The minimum Gasteiger partial charge on any atom is -0.491 e. The molecule has 0 aromatic heterocycles. The second kappa shape index (κ2) is 6.74. The SMILES string of the molecule is Cc1cc(C)cc(NC(=O)C[C@H]2COc3ccccc3NC2=O)c1. The van der Waals surface area contributed by atoms with Crippen molar-refractivity contribution >= 4 is 23.2 Å². The van der Waals surface area contributed by atoms with Crippen LogP contribution >= 0.6 is 0 Å². The van der Waals surface area contributed by atoms with Gasteiger partial charge in [0.1, 0.15) is 12.4 Å². The van der Waals surface area contributed by atoms with Crippen LogP contribution in [0.4, 0.5) is 11.4 Å². The molecule has 0 saturated carbocycles. The predicted molar refractivity (Wildman–Crippen MR) is 93.2 cm³/mol. The summed E-state index contributed by atoms with van der Waals surface area (Å²) in [6.07, 6.45) is 0.0762. The third kappa shape index (κ3) is 3.74. The summed E-state index contributed by atoms with van der Waals surface area (Å²) >= 11 is 0. The Kier molecular flexibility index (Phi) is 4.51. The molecule has 2 aromatic carbocycles. The molecule has 0 aliphatic carbocycles. The van der Waals surface area contributed by atoms with E-state index in [4.69, 9.17) is 4.74 Å². The van der Waals surface area contributed by atoms with Crippen molar-refractivity contribution in [1.82, 2.24) is 0 Å². The lowest BCUT2D eigenvalue weighted by molar-refractivity contribution is -0.125. The summed E-state index contributed by atoms with van der Waals surface area (Å²) in [5.74, 6) is -0.295. The monoisotopic (exact) mass is 324 g/mol. The van der Waals surface area contributed by atoms with Gasteiger partial charge in [-0.2, -0.15) is 0 Å². The van der Waals surface area contributed by atoms with Crippen LogP contribution in [0.3, 0.4) is 0 Å². The van der Waals surface area contributed by atoms with Gasteiger partial charge in [0.25, 0.3) is 0 Å². The Morgan fingerprint density at radius 3 is 2.67 bits per heavy atom. The van der Waals surface area contributed by atoms with E-state index >= 15 is 0 Å². The number of carbonyl (C=O) groups is 2. The van der Waals surface area contributed by atoms with Crippen molar-refractivity contribution in [1.29, 1.82) is 0 Å². The lowest BCUT2D eigenvalue weighted by atomic mass is 10.0. The molecule has 5 heteroatoms. The molecule has 0 radical (unpaired) electrons. The molecule has 2 amide bonds. The highest BCUT2D eigenvalue weighted by atomic mass is 16.5. The van der Waals surface area contributed by atoms with E-state index < -0.39 is 5.92 Å². The van der Waals surface area contributed by atoms with Crippen molar-refractivity contribution < 1.29 is 14.3 Å². The van der Waals surface area contributed by atoms with Gasteiger partial charge in [0.15, 0.2) is 0 Å². The molecule has 24 heavy (non-hydrogen) atoms. The summed E-state index contributed by atoms with van der Waals surface area (Å²) in [7, 11) is 0. The van der Waals surface area contributed by atoms with Gasteiger partial charge in [-0.3, -0.25) is 9.59 Å². The van der Waals surface area contributed by atoms with E-state index in [2.05, 4.69) is 10.6 Å². The third-order valence-electron chi connectivity index (χ3n) is 3.89. The van der Waals surface area contributed by atoms with Crippen molar-refractivity contribution in [3.05, 3.63) is 53.6 Å². The number of anilines is 2.